The Labute approximate surface area is 127 Å². The minimum absolute atomic E-state index is 0.130. The number of hydrogen-bond acceptors (Lipinski definition) is 3. The molecule has 2 atom stereocenters. The number of benzene rings is 1. The summed E-state index contributed by atoms with van der Waals surface area (Å²) in [5, 5.41) is 12.8. The Morgan fingerprint density at radius 1 is 1.29 bits per heavy atom. The third-order valence-electron chi connectivity index (χ3n) is 4.36. The van der Waals surface area contributed by atoms with Gasteiger partial charge < -0.3 is 10.4 Å². The van der Waals surface area contributed by atoms with Crippen LogP contribution in [0.3, 0.4) is 0 Å². The fraction of sp³-hybridized carbons (Fsp3) is 0.611. The normalized spacial score (nSPS) is 24.7. The number of nitrogens with one attached hydrogen (secondary N) is 1. The first-order chi connectivity index (χ1) is 9.85. The molecule has 0 aromatic heterocycles. The molecule has 0 amide bonds. The van der Waals surface area contributed by atoms with Crippen LogP contribution in [0.25, 0.3) is 0 Å². The summed E-state index contributed by atoms with van der Waals surface area (Å²) in [6.45, 7) is 7.71. The quantitative estimate of drug-likeness (QED) is 0.811. The predicted octanol–water partition coefficient (Wildman–Crippen LogP) is 3.77. The topological polar surface area (TPSA) is 49.3 Å². The SMILES string of the molecule is CC1CC(NCCC(=O)c2ccc(O)cc2)CC(C)(C)C1. The third-order valence-corrected chi connectivity index (χ3v) is 4.36. The zero-order valence-electron chi connectivity index (χ0n) is 13.4. The van der Waals surface area contributed by atoms with Gasteiger partial charge in [-0.15, -0.1) is 0 Å². The molecule has 0 spiro atoms. The number of Topliss-reactive ketones (excluding diaryl/α,β-unsaturated/α-hetero) is 1. The lowest BCUT2D eigenvalue weighted by Gasteiger charge is -2.39. The van der Waals surface area contributed by atoms with Gasteiger partial charge in [0.2, 0.25) is 0 Å². The zero-order chi connectivity index (χ0) is 15.5. The molecule has 0 heterocycles. The van der Waals surface area contributed by atoms with E-state index < -0.39 is 0 Å². The minimum Gasteiger partial charge on any atom is -0.508 e. The van der Waals surface area contributed by atoms with Crippen LogP contribution in [-0.2, 0) is 0 Å². The molecule has 0 aliphatic heterocycles. The van der Waals surface area contributed by atoms with Gasteiger partial charge in [-0.25, -0.2) is 0 Å². The molecule has 2 rings (SSSR count). The Morgan fingerprint density at radius 2 is 1.95 bits per heavy atom. The first-order valence-electron chi connectivity index (χ1n) is 7.91. The van der Waals surface area contributed by atoms with Crippen LogP contribution in [0.1, 0.15) is 56.8 Å². The summed E-state index contributed by atoms with van der Waals surface area (Å²) in [6, 6.07) is 7.02. The van der Waals surface area contributed by atoms with Crippen LogP contribution in [0, 0.1) is 11.3 Å². The highest BCUT2D eigenvalue weighted by molar-refractivity contribution is 5.96. The van der Waals surface area contributed by atoms with Crippen molar-refractivity contribution < 1.29 is 9.90 Å². The van der Waals surface area contributed by atoms with Gasteiger partial charge >= 0.3 is 0 Å². The number of rotatable bonds is 5. The molecular formula is C18H27NO2. The summed E-state index contributed by atoms with van der Waals surface area (Å²) >= 11 is 0. The van der Waals surface area contributed by atoms with E-state index in [9.17, 15) is 9.90 Å². The van der Waals surface area contributed by atoms with Crippen molar-refractivity contribution in [2.45, 2.75) is 52.5 Å². The second kappa shape index (κ2) is 6.61. The van der Waals surface area contributed by atoms with Gasteiger partial charge in [-0.1, -0.05) is 20.8 Å². The Hall–Kier alpha value is -1.35. The highest BCUT2D eigenvalue weighted by atomic mass is 16.3. The summed E-state index contributed by atoms with van der Waals surface area (Å²) in [6.07, 6.45) is 4.19. The third kappa shape index (κ3) is 4.85. The molecule has 1 saturated carbocycles. The number of phenolic OH excluding ortho intramolecular Hbond substituents is 1. The molecule has 0 saturated heterocycles. The van der Waals surface area contributed by atoms with Crippen molar-refractivity contribution in [3.63, 3.8) is 0 Å². The van der Waals surface area contributed by atoms with Crippen molar-refractivity contribution in [3.05, 3.63) is 29.8 Å². The van der Waals surface area contributed by atoms with Crippen LogP contribution in [-0.4, -0.2) is 23.5 Å². The van der Waals surface area contributed by atoms with Crippen LogP contribution in [0.5, 0.6) is 5.75 Å². The molecule has 3 nitrogen and oxygen atoms in total. The summed E-state index contributed by atoms with van der Waals surface area (Å²) in [7, 11) is 0. The van der Waals surface area contributed by atoms with E-state index in [1.807, 2.05) is 0 Å². The van der Waals surface area contributed by atoms with Crippen LogP contribution in [0.4, 0.5) is 0 Å². The summed E-state index contributed by atoms with van der Waals surface area (Å²) in [5.41, 5.74) is 1.07. The molecule has 116 valence electrons. The highest BCUT2D eigenvalue weighted by Gasteiger charge is 2.31. The molecule has 21 heavy (non-hydrogen) atoms. The van der Waals surface area contributed by atoms with Crippen molar-refractivity contribution in [1.29, 1.82) is 0 Å². The van der Waals surface area contributed by atoms with E-state index in [2.05, 4.69) is 26.1 Å². The van der Waals surface area contributed by atoms with E-state index in [0.717, 1.165) is 12.5 Å². The second-order valence-corrected chi connectivity index (χ2v) is 7.28. The molecule has 1 aliphatic rings. The molecule has 2 N–H and O–H groups in total. The molecule has 1 aromatic carbocycles. The number of aromatic hydroxyl groups is 1. The van der Waals surface area contributed by atoms with E-state index in [0.29, 0.717) is 23.4 Å². The summed E-state index contributed by atoms with van der Waals surface area (Å²) in [4.78, 5) is 12.1. The standard InChI is InChI=1S/C18H27NO2/c1-13-10-15(12-18(2,3)11-13)19-9-8-17(21)14-4-6-16(20)7-5-14/h4-7,13,15,19-20H,8-12H2,1-3H3. The molecule has 1 fully saturated rings. The zero-order valence-corrected chi connectivity index (χ0v) is 13.4. The van der Waals surface area contributed by atoms with Crippen molar-refractivity contribution in [3.8, 4) is 5.75 Å². The number of carbonyl (C=O) groups excluding carboxylic acids is 1. The van der Waals surface area contributed by atoms with Gasteiger partial charge in [-0.3, -0.25) is 4.79 Å². The van der Waals surface area contributed by atoms with Gasteiger partial charge in [-0.05, 0) is 54.9 Å². The van der Waals surface area contributed by atoms with Crippen molar-refractivity contribution >= 4 is 5.78 Å². The lowest BCUT2D eigenvalue weighted by Crippen LogP contribution is -2.40. The van der Waals surface area contributed by atoms with Crippen LogP contribution < -0.4 is 5.32 Å². The smallest absolute Gasteiger partial charge is 0.164 e. The average molecular weight is 289 g/mol. The minimum atomic E-state index is 0.130. The lowest BCUT2D eigenvalue weighted by molar-refractivity contribution is 0.0976. The largest absolute Gasteiger partial charge is 0.508 e. The lowest BCUT2D eigenvalue weighted by atomic mass is 9.70. The van der Waals surface area contributed by atoms with Gasteiger partial charge in [0.05, 0.1) is 0 Å². The van der Waals surface area contributed by atoms with Crippen molar-refractivity contribution in [2.24, 2.45) is 11.3 Å². The van der Waals surface area contributed by atoms with Crippen molar-refractivity contribution in [2.75, 3.05) is 6.54 Å². The number of ketones is 1. The maximum atomic E-state index is 12.1. The number of carbonyl (C=O) groups is 1. The maximum Gasteiger partial charge on any atom is 0.164 e. The van der Waals surface area contributed by atoms with Gasteiger partial charge in [0, 0.05) is 24.6 Å². The Kier molecular flexibility index (Phi) is 5.04. The van der Waals surface area contributed by atoms with Crippen LogP contribution in [0.15, 0.2) is 24.3 Å². The average Bonchev–Trinajstić information content (AvgIpc) is 2.37. The Bertz CT molecular complexity index is 478. The molecule has 0 bridgehead atoms. The molecule has 2 unspecified atom stereocenters. The van der Waals surface area contributed by atoms with E-state index in [4.69, 9.17) is 0 Å². The first-order valence-corrected chi connectivity index (χ1v) is 7.91. The first kappa shape index (κ1) is 16.0. The maximum absolute atomic E-state index is 12.1. The molecule has 0 radical (unpaired) electrons. The van der Waals surface area contributed by atoms with E-state index in [-0.39, 0.29) is 11.5 Å². The van der Waals surface area contributed by atoms with E-state index in [1.54, 1.807) is 24.3 Å². The van der Waals surface area contributed by atoms with Gasteiger partial charge in [0.1, 0.15) is 5.75 Å². The monoisotopic (exact) mass is 289 g/mol. The second-order valence-electron chi connectivity index (χ2n) is 7.28. The molecule has 3 heteroatoms. The van der Waals surface area contributed by atoms with Crippen molar-refractivity contribution in [1.82, 2.24) is 5.32 Å². The van der Waals surface area contributed by atoms with E-state index >= 15 is 0 Å². The predicted molar refractivity (Wildman–Crippen MR) is 85.6 cm³/mol. The van der Waals surface area contributed by atoms with Crippen LogP contribution >= 0.6 is 0 Å². The fourth-order valence-electron chi connectivity index (χ4n) is 3.68. The molecular weight excluding hydrogens is 262 g/mol. The molecule has 1 aliphatic carbocycles. The number of phenols is 1. The van der Waals surface area contributed by atoms with Gasteiger partial charge in [0.15, 0.2) is 5.78 Å². The highest BCUT2D eigenvalue weighted by Crippen LogP contribution is 2.38. The summed E-state index contributed by atoms with van der Waals surface area (Å²) < 4.78 is 0. The molecule has 1 aromatic rings. The van der Waals surface area contributed by atoms with E-state index in [1.165, 1.54) is 19.3 Å². The van der Waals surface area contributed by atoms with Gasteiger partial charge in [0.25, 0.3) is 0 Å². The fourth-order valence-corrected chi connectivity index (χ4v) is 3.68. The number of hydrogen-bond donors (Lipinski definition) is 2. The Balaban J connectivity index is 1.78. The summed E-state index contributed by atoms with van der Waals surface area (Å²) in [5.74, 6) is 1.08. The van der Waals surface area contributed by atoms with Gasteiger partial charge in [-0.2, -0.15) is 0 Å². The Morgan fingerprint density at radius 3 is 2.57 bits per heavy atom. The van der Waals surface area contributed by atoms with Crippen LogP contribution in [0.2, 0.25) is 0 Å².